The van der Waals surface area contributed by atoms with Gasteiger partial charge in [0.1, 0.15) is 11.7 Å². The maximum Gasteiger partial charge on any atom is 0.336 e. The van der Waals surface area contributed by atoms with Crippen molar-refractivity contribution in [3.63, 3.8) is 0 Å². The summed E-state index contributed by atoms with van der Waals surface area (Å²) in [6.07, 6.45) is 1.15. The third kappa shape index (κ3) is 6.46. The third-order valence-corrected chi connectivity index (χ3v) is 6.77. The number of benzene rings is 3. The Morgan fingerprint density at radius 3 is 2.41 bits per heavy atom. The fourth-order valence-electron chi connectivity index (χ4n) is 4.68. The Labute approximate surface area is 232 Å². The number of imidazole rings is 1. The molecule has 4 rings (SSSR count). The van der Waals surface area contributed by atoms with Crippen LogP contribution in [0.5, 0.6) is 0 Å². The summed E-state index contributed by atoms with van der Waals surface area (Å²) in [5, 5.41) is 23.7. The normalized spacial score (nSPS) is 11.9. The van der Waals surface area contributed by atoms with Crippen molar-refractivity contribution in [1.82, 2.24) is 20.2 Å². The smallest absolute Gasteiger partial charge is 0.336 e. The van der Waals surface area contributed by atoms with Crippen LogP contribution in [0.25, 0.3) is 22.2 Å². The molecule has 0 saturated carbocycles. The first kappa shape index (κ1) is 27.9. The number of amidine groups is 1. The van der Waals surface area contributed by atoms with Gasteiger partial charge in [-0.25, -0.2) is 9.78 Å². The Bertz CT molecular complexity index is 1480. The summed E-state index contributed by atoms with van der Waals surface area (Å²) in [6, 6.07) is 21.7. The molecule has 0 radical (unpaired) electrons. The Kier molecular flexibility index (Phi) is 8.99. The number of carbonyl (C=O) groups excluding carboxylic acids is 1. The number of aromatic carboxylic acids is 1. The second-order valence-electron chi connectivity index (χ2n) is 9.56. The second-order valence-corrected chi connectivity index (χ2v) is 9.83. The molecule has 0 spiro atoms. The molecule has 0 unspecified atom stereocenters. The summed E-state index contributed by atoms with van der Waals surface area (Å²) >= 11 is 5.71. The van der Waals surface area contributed by atoms with E-state index < -0.39 is 17.9 Å². The lowest BCUT2D eigenvalue weighted by Crippen LogP contribution is -2.33. The highest BCUT2D eigenvalue weighted by molar-refractivity contribution is 6.27. The summed E-state index contributed by atoms with van der Waals surface area (Å²) in [6.45, 7) is 4.63. The number of hydrogen-bond acceptors (Lipinski definition) is 4. The molecule has 0 saturated heterocycles. The Morgan fingerprint density at radius 1 is 1.00 bits per heavy atom. The standard InChI is InChI=1S/C30H32ClN5O3/c1-19(2)36-26-13-7-6-11-24(26)34-28(36)25(12-8-16-33-27(32)18-31)35-29(37)22-15-14-21(17-23(22)30(38)39)20-9-4-3-5-10-20/h3-7,9-11,13-15,17,19,25H,8,12,16,18H2,1-2H3,(H2,32,33)(H,35,37)(H,38,39)/t25-/m0/s1. The SMILES string of the molecule is CC(C)n1c([C@H](CCCNC(=N)CCl)NC(=O)c2ccc(-c3ccccc3)cc2C(=O)O)nc2ccccc21. The first-order chi connectivity index (χ1) is 18.8. The third-order valence-electron chi connectivity index (χ3n) is 6.50. The van der Waals surface area contributed by atoms with E-state index in [2.05, 4.69) is 29.0 Å². The van der Waals surface area contributed by atoms with Crippen LogP contribution in [0.3, 0.4) is 0 Å². The van der Waals surface area contributed by atoms with E-state index in [-0.39, 0.29) is 28.9 Å². The Balaban J connectivity index is 1.68. The minimum Gasteiger partial charge on any atom is -0.478 e. The topological polar surface area (TPSA) is 120 Å². The van der Waals surface area contributed by atoms with Crippen molar-refractivity contribution in [3.05, 3.63) is 89.7 Å². The molecule has 8 nitrogen and oxygen atoms in total. The van der Waals surface area contributed by atoms with Crippen molar-refractivity contribution in [3.8, 4) is 11.1 Å². The van der Waals surface area contributed by atoms with E-state index in [1.807, 2.05) is 54.6 Å². The molecular weight excluding hydrogens is 514 g/mol. The van der Waals surface area contributed by atoms with Crippen LogP contribution in [0, 0.1) is 5.41 Å². The lowest BCUT2D eigenvalue weighted by Gasteiger charge is -2.23. The minimum atomic E-state index is -1.17. The Hall–Kier alpha value is -4.17. The highest BCUT2D eigenvalue weighted by atomic mass is 35.5. The van der Waals surface area contributed by atoms with Crippen molar-refractivity contribution in [2.24, 2.45) is 0 Å². The van der Waals surface area contributed by atoms with Gasteiger partial charge >= 0.3 is 5.97 Å². The van der Waals surface area contributed by atoms with E-state index in [0.717, 1.165) is 22.2 Å². The molecule has 3 aromatic carbocycles. The number of nitrogens with one attached hydrogen (secondary N) is 3. The predicted octanol–water partition coefficient (Wildman–Crippen LogP) is 6.04. The van der Waals surface area contributed by atoms with Crippen LogP contribution < -0.4 is 10.6 Å². The van der Waals surface area contributed by atoms with Crippen LogP contribution in [0.1, 0.15) is 65.3 Å². The zero-order chi connectivity index (χ0) is 27.9. The summed E-state index contributed by atoms with van der Waals surface area (Å²) in [5.41, 5.74) is 3.38. The quantitative estimate of drug-likeness (QED) is 0.0792. The van der Waals surface area contributed by atoms with Crippen molar-refractivity contribution >= 4 is 40.3 Å². The fourth-order valence-corrected chi connectivity index (χ4v) is 4.77. The van der Waals surface area contributed by atoms with Crippen LogP contribution in [-0.2, 0) is 0 Å². The molecule has 4 N–H and O–H groups in total. The molecule has 0 aliphatic heterocycles. The van der Waals surface area contributed by atoms with Crippen LogP contribution in [0.4, 0.5) is 0 Å². The van der Waals surface area contributed by atoms with Crippen LogP contribution >= 0.6 is 11.6 Å². The number of para-hydroxylation sites is 2. The monoisotopic (exact) mass is 545 g/mol. The zero-order valence-corrected chi connectivity index (χ0v) is 22.7. The van der Waals surface area contributed by atoms with Gasteiger partial charge in [-0.05, 0) is 62.1 Å². The number of carbonyl (C=O) groups is 2. The van der Waals surface area contributed by atoms with Crippen molar-refractivity contribution < 1.29 is 14.7 Å². The molecule has 0 aliphatic carbocycles. The van der Waals surface area contributed by atoms with Crippen molar-refractivity contribution in [2.75, 3.05) is 12.4 Å². The maximum absolute atomic E-state index is 13.6. The predicted molar refractivity (Wildman–Crippen MR) is 155 cm³/mol. The minimum absolute atomic E-state index is 0.0674. The largest absolute Gasteiger partial charge is 0.478 e. The van der Waals surface area contributed by atoms with Gasteiger partial charge in [0.25, 0.3) is 5.91 Å². The number of aromatic nitrogens is 2. The van der Waals surface area contributed by atoms with E-state index >= 15 is 0 Å². The summed E-state index contributed by atoms with van der Waals surface area (Å²) < 4.78 is 2.10. The number of hydrogen-bond donors (Lipinski definition) is 4. The number of alkyl halides is 1. The number of fused-ring (bicyclic) bond motifs is 1. The molecule has 9 heteroatoms. The van der Waals surface area contributed by atoms with E-state index in [0.29, 0.717) is 25.2 Å². The highest BCUT2D eigenvalue weighted by Gasteiger charge is 2.26. The van der Waals surface area contributed by atoms with E-state index in [1.54, 1.807) is 12.1 Å². The maximum atomic E-state index is 13.6. The van der Waals surface area contributed by atoms with E-state index in [1.165, 1.54) is 6.07 Å². The van der Waals surface area contributed by atoms with Gasteiger partial charge in [-0.15, -0.1) is 11.6 Å². The molecule has 0 bridgehead atoms. The molecule has 39 heavy (non-hydrogen) atoms. The molecule has 1 aromatic heterocycles. The van der Waals surface area contributed by atoms with Crippen LogP contribution in [0.2, 0.25) is 0 Å². The number of carboxylic acids is 1. The first-order valence-corrected chi connectivity index (χ1v) is 13.4. The number of nitrogens with zero attached hydrogens (tertiary/aromatic N) is 2. The van der Waals surface area contributed by atoms with Crippen LogP contribution in [-0.4, -0.2) is 44.8 Å². The van der Waals surface area contributed by atoms with Crippen molar-refractivity contribution in [2.45, 2.75) is 38.8 Å². The molecule has 0 fully saturated rings. The lowest BCUT2D eigenvalue weighted by atomic mass is 9.98. The highest BCUT2D eigenvalue weighted by Crippen LogP contribution is 2.28. The number of halogens is 1. The second kappa shape index (κ2) is 12.6. The van der Waals surface area contributed by atoms with E-state index in [4.69, 9.17) is 22.0 Å². The molecular formula is C30H32ClN5O3. The Morgan fingerprint density at radius 2 is 1.72 bits per heavy atom. The van der Waals surface area contributed by atoms with Gasteiger partial charge in [0.05, 0.1) is 34.1 Å². The van der Waals surface area contributed by atoms with Gasteiger partial charge in [-0.3, -0.25) is 10.2 Å². The summed E-state index contributed by atoms with van der Waals surface area (Å²) in [4.78, 5) is 30.7. The van der Waals surface area contributed by atoms with E-state index in [9.17, 15) is 14.7 Å². The average Bonchev–Trinajstić information content (AvgIpc) is 3.34. The molecule has 4 aromatic rings. The van der Waals surface area contributed by atoms with Gasteiger partial charge in [0.15, 0.2) is 0 Å². The average molecular weight is 546 g/mol. The molecule has 0 aliphatic rings. The lowest BCUT2D eigenvalue weighted by molar-refractivity contribution is 0.0690. The summed E-state index contributed by atoms with van der Waals surface area (Å²) in [5.74, 6) is -0.630. The fraction of sp³-hybridized carbons (Fsp3) is 0.267. The summed E-state index contributed by atoms with van der Waals surface area (Å²) in [7, 11) is 0. The number of rotatable bonds is 11. The van der Waals surface area contributed by atoms with Gasteiger partial charge in [0.2, 0.25) is 0 Å². The number of amides is 1. The molecule has 1 amide bonds. The van der Waals surface area contributed by atoms with Gasteiger partial charge in [0, 0.05) is 12.6 Å². The molecule has 1 heterocycles. The molecule has 1 atom stereocenters. The molecule has 202 valence electrons. The zero-order valence-electron chi connectivity index (χ0n) is 21.9. The van der Waals surface area contributed by atoms with Gasteiger partial charge < -0.3 is 20.3 Å². The van der Waals surface area contributed by atoms with Crippen LogP contribution in [0.15, 0.2) is 72.8 Å². The first-order valence-electron chi connectivity index (χ1n) is 12.9. The van der Waals surface area contributed by atoms with Gasteiger partial charge in [-0.1, -0.05) is 48.5 Å². The van der Waals surface area contributed by atoms with Gasteiger partial charge in [-0.2, -0.15) is 0 Å². The number of carboxylic acid groups (broad SMARTS) is 1. The van der Waals surface area contributed by atoms with Crippen molar-refractivity contribution in [1.29, 1.82) is 5.41 Å².